The SMILES string of the molecule is CCNCCNC(=O)c1cc(Cl)ccc1OC(C)C. The van der Waals surface area contributed by atoms with Crippen molar-refractivity contribution < 1.29 is 9.53 Å². The van der Waals surface area contributed by atoms with E-state index in [0.717, 1.165) is 13.1 Å². The van der Waals surface area contributed by atoms with E-state index in [0.29, 0.717) is 22.9 Å². The van der Waals surface area contributed by atoms with E-state index in [-0.39, 0.29) is 12.0 Å². The fraction of sp³-hybridized carbons (Fsp3) is 0.500. The van der Waals surface area contributed by atoms with Crippen LogP contribution < -0.4 is 15.4 Å². The molecule has 1 amide bonds. The smallest absolute Gasteiger partial charge is 0.255 e. The molecular formula is C14H21ClN2O2. The third-order valence-corrected chi connectivity index (χ3v) is 2.62. The molecule has 0 aromatic heterocycles. The molecule has 0 saturated carbocycles. The van der Waals surface area contributed by atoms with Crippen LogP contribution in [0.25, 0.3) is 0 Å². The number of rotatable bonds is 7. The van der Waals surface area contributed by atoms with E-state index in [4.69, 9.17) is 16.3 Å². The van der Waals surface area contributed by atoms with Crippen LogP contribution in [0.4, 0.5) is 0 Å². The van der Waals surface area contributed by atoms with Crippen LogP contribution in [-0.4, -0.2) is 31.6 Å². The van der Waals surface area contributed by atoms with E-state index in [2.05, 4.69) is 10.6 Å². The Hall–Kier alpha value is -1.26. The van der Waals surface area contributed by atoms with Gasteiger partial charge in [-0.05, 0) is 38.6 Å². The molecule has 0 aliphatic rings. The number of hydrogen-bond donors (Lipinski definition) is 2. The summed E-state index contributed by atoms with van der Waals surface area (Å²) in [5.41, 5.74) is 0.470. The molecule has 19 heavy (non-hydrogen) atoms. The summed E-state index contributed by atoms with van der Waals surface area (Å²) in [4.78, 5) is 12.1. The van der Waals surface area contributed by atoms with Gasteiger partial charge >= 0.3 is 0 Å². The minimum Gasteiger partial charge on any atom is -0.490 e. The molecule has 0 saturated heterocycles. The van der Waals surface area contributed by atoms with E-state index >= 15 is 0 Å². The first-order chi connectivity index (χ1) is 9.04. The molecule has 4 nitrogen and oxygen atoms in total. The van der Waals surface area contributed by atoms with Gasteiger partial charge in [-0.2, -0.15) is 0 Å². The molecule has 1 aromatic carbocycles. The Morgan fingerprint density at radius 1 is 1.37 bits per heavy atom. The monoisotopic (exact) mass is 284 g/mol. The topological polar surface area (TPSA) is 50.4 Å². The summed E-state index contributed by atoms with van der Waals surface area (Å²) in [5.74, 6) is 0.386. The molecule has 0 fully saturated rings. The molecular weight excluding hydrogens is 264 g/mol. The predicted molar refractivity (Wildman–Crippen MR) is 78.1 cm³/mol. The van der Waals surface area contributed by atoms with Crippen LogP contribution in [0.2, 0.25) is 5.02 Å². The molecule has 0 unspecified atom stereocenters. The van der Waals surface area contributed by atoms with Gasteiger partial charge in [0, 0.05) is 18.1 Å². The fourth-order valence-corrected chi connectivity index (χ4v) is 1.74. The Kier molecular flexibility index (Phi) is 6.67. The lowest BCUT2D eigenvalue weighted by Crippen LogP contribution is -2.32. The highest BCUT2D eigenvalue weighted by molar-refractivity contribution is 6.31. The van der Waals surface area contributed by atoms with Crippen molar-refractivity contribution in [1.29, 1.82) is 0 Å². The Labute approximate surface area is 119 Å². The lowest BCUT2D eigenvalue weighted by molar-refractivity contribution is 0.0948. The zero-order chi connectivity index (χ0) is 14.3. The van der Waals surface area contributed by atoms with Gasteiger partial charge in [-0.25, -0.2) is 0 Å². The zero-order valence-corrected chi connectivity index (χ0v) is 12.4. The molecule has 2 N–H and O–H groups in total. The van der Waals surface area contributed by atoms with E-state index in [1.807, 2.05) is 20.8 Å². The van der Waals surface area contributed by atoms with Crippen LogP contribution in [0.1, 0.15) is 31.1 Å². The van der Waals surface area contributed by atoms with Gasteiger partial charge in [-0.3, -0.25) is 4.79 Å². The fourth-order valence-electron chi connectivity index (χ4n) is 1.57. The van der Waals surface area contributed by atoms with Crippen LogP contribution in [0.5, 0.6) is 5.75 Å². The number of ether oxygens (including phenoxy) is 1. The summed E-state index contributed by atoms with van der Waals surface area (Å²) in [6, 6.07) is 5.07. The van der Waals surface area contributed by atoms with Crippen molar-refractivity contribution in [3.63, 3.8) is 0 Å². The molecule has 106 valence electrons. The van der Waals surface area contributed by atoms with E-state index in [1.165, 1.54) is 0 Å². The van der Waals surface area contributed by atoms with Crippen molar-refractivity contribution in [3.8, 4) is 5.75 Å². The van der Waals surface area contributed by atoms with Crippen LogP contribution in [-0.2, 0) is 0 Å². The minimum atomic E-state index is -0.170. The van der Waals surface area contributed by atoms with Crippen LogP contribution >= 0.6 is 11.6 Å². The highest BCUT2D eigenvalue weighted by Gasteiger charge is 2.13. The van der Waals surface area contributed by atoms with Gasteiger partial charge in [0.05, 0.1) is 11.7 Å². The summed E-state index contributed by atoms with van der Waals surface area (Å²) in [5, 5.41) is 6.50. The summed E-state index contributed by atoms with van der Waals surface area (Å²) < 4.78 is 5.61. The second-order valence-corrected chi connectivity index (χ2v) is 4.85. The van der Waals surface area contributed by atoms with Crippen molar-refractivity contribution in [3.05, 3.63) is 28.8 Å². The zero-order valence-electron chi connectivity index (χ0n) is 11.6. The van der Waals surface area contributed by atoms with E-state index in [9.17, 15) is 4.79 Å². The molecule has 1 aromatic rings. The van der Waals surface area contributed by atoms with Crippen molar-refractivity contribution >= 4 is 17.5 Å². The largest absolute Gasteiger partial charge is 0.490 e. The molecule has 0 spiro atoms. The Bertz CT molecular complexity index is 422. The highest BCUT2D eigenvalue weighted by atomic mass is 35.5. The molecule has 1 rings (SSSR count). The summed E-state index contributed by atoms with van der Waals surface area (Å²) in [6.07, 6.45) is 0.00878. The Morgan fingerprint density at radius 3 is 2.74 bits per heavy atom. The third kappa shape index (κ3) is 5.49. The standard InChI is InChI=1S/C14H21ClN2O2/c1-4-16-7-8-17-14(18)12-9-11(15)5-6-13(12)19-10(2)3/h5-6,9-10,16H,4,7-8H2,1-3H3,(H,17,18). The van der Waals surface area contributed by atoms with Gasteiger partial charge in [0.1, 0.15) is 5.75 Å². The number of amides is 1. The number of carbonyl (C=O) groups is 1. The van der Waals surface area contributed by atoms with Gasteiger partial charge in [-0.1, -0.05) is 18.5 Å². The average Bonchev–Trinajstić information content (AvgIpc) is 2.36. The summed E-state index contributed by atoms with van der Waals surface area (Å²) >= 11 is 5.93. The minimum absolute atomic E-state index is 0.00878. The number of benzene rings is 1. The average molecular weight is 285 g/mol. The summed E-state index contributed by atoms with van der Waals surface area (Å²) in [6.45, 7) is 8.05. The maximum atomic E-state index is 12.1. The second kappa shape index (κ2) is 8.02. The first-order valence-corrected chi connectivity index (χ1v) is 6.87. The lowest BCUT2D eigenvalue weighted by Gasteiger charge is -2.14. The van der Waals surface area contributed by atoms with Crippen molar-refractivity contribution in [2.24, 2.45) is 0 Å². The quantitative estimate of drug-likeness (QED) is 0.756. The van der Waals surface area contributed by atoms with Gasteiger partial charge in [0.15, 0.2) is 0 Å². The van der Waals surface area contributed by atoms with Gasteiger partial charge in [-0.15, -0.1) is 0 Å². The maximum absolute atomic E-state index is 12.1. The summed E-state index contributed by atoms with van der Waals surface area (Å²) in [7, 11) is 0. The Balaban J connectivity index is 2.73. The van der Waals surface area contributed by atoms with Gasteiger partial charge in [0.25, 0.3) is 5.91 Å². The molecule has 0 bridgehead atoms. The van der Waals surface area contributed by atoms with Crippen molar-refractivity contribution in [1.82, 2.24) is 10.6 Å². The van der Waals surface area contributed by atoms with Gasteiger partial charge < -0.3 is 15.4 Å². The van der Waals surface area contributed by atoms with Crippen LogP contribution in [0.3, 0.4) is 0 Å². The molecule has 0 heterocycles. The molecule has 0 atom stereocenters. The van der Waals surface area contributed by atoms with Gasteiger partial charge in [0.2, 0.25) is 0 Å². The maximum Gasteiger partial charge on any atom is 0.255 e. The normalized spacial score (nSPS) is 10.6. The highest BCUT2D eigenvalue weighted by Crippen LogP contribution is 2.23. The predicted octanol–water partition coefficient (Wildman–Crippen LogP) is 2.47. The number of nitrogens with one attached hydrogen (secondary N) is 2. The van der Waals surface area contributed by atoms with E-state index in [1.54, 1.807) is 18.2 Å². The molecule has 5 heteroatoms. The Morgan fingerprint density at radius 2 is 2.11 bits per heavy atom. The first-order valence-electron chi connectivity index (χ1n) is 6.49. The molecule has 0 radical (unpaired) electrons. The number of halogens is 1. The van der Waals surface area contributed by atoms with Crippen LogP contribution in [0.15, 0.2) is 18.2 Å². The van der Waals surface area contributed by atoms with Crippen LogP contribution in [0, 0.1) is 0 Å². The number of hydrogen-bond acceptors (Lipinski definition) is 3. The van der Waals surface area contributed by atoms with E-state index < -0.39 is 0 Å². The number of carbonyl (C=O) groups excluding carboxylic acids is 1. The first kappa shape index (κ1) is 15.8. The van der Waals surface area contributed by atoms with Crippen molar-refractivity contribution in [2.45, 2.75) is 26.9 Å². The van der Waals surface area contributed by atoms with Crippen molar-refractivity contribution in [2.75, 3.05) is 19.6 Å². The second-order valence-electron chi connectivity index (χ2n) is 4.42. The number of likely N-dealkylation sites (N-methyl/N-ethyl adjacent to an activating group) is 1. The lowest BCUT2D eigenvalue weighted by atomic mass is 10.2. The molecule has 0 aliphatic heterocycles. The molecule has 0 aliphatic carbocycles. The third-order valence-electron chi connectivity index (χ3n) is 2.39.